The molecule has 98 valence electrons. The smallest absolute Gasteiger partial charge is 0.224 e. The molecule has 0 radical (unpaired) electrons. The van der Waals surface area contributed by atoms with E-state index in [9.17, 15) is 4.79 Å². The Morgan fingerprint density at radius 2 is 2.17 bits per heavy atom. The Bertz CT molecular complexity index is 425. The normalized spacial score (nSPS) is 15.2. The van der Waals surface area contributed by atoms with Gasteiger partial charge in [0, 0.05) is 0 Å². The number of aryl methyl sites for hydroxylation is 2. The lowest BCUT2D eigenvalue weighted by Gasteiger charge is -2.14. The van der Waals surface area contributed by atoms with Gasteiger partial charge in [-0.25, -0.2) is 0 Å². The molecule has 1 aromatic rings. The van der Waals surface area contributed by atoms with Gasteiger partial charge >= 0.3 is 0 Å². The lowest BCUT2D eigenvalue weighted by molar-refractivity contribution is -0.121. The SMILES string of the molecule is CC[C@H](CO)NC(=O)Cc1ccc2c(c1)CCC2. The predicted octanol–water partition coefficient (Wildman–Crippen LogP) is 1.60. The van der Waals surface area contributed by atoms with Crippen LogP contribution in [0.15, 0.2) is 18.2 Å². The number of aliphatic hydroxyl groups excluding tert-OH is 1. The monoisotopic (exact) mass is 247 g/mol. The quantitative estimate of drug-likeness (QED) is 0.830. The van der Waals surface area contributed by atoms with Gasteiger partial charge in [0.15, 0.2) is 0 Å². The average Bonchev–Trinajstić information content (AvgIpc) is 2.83. The maximum absolute atomic E-state index is 11.8. The fourth-order valence-electron chi connectivity index (χ4n) is 2.48. The first-order valence-electron chi connectivity index (χ1n) is 6.73. The van der Waals surface area contributed by atoms with Crippen LogP contribution in [0, 0.1) is 0 Å². The lowest BCUT2D eigenvalue weighted by atomic mass is 10.0. The van der Waals surface area contributed by atoms with Crippen molar-refractivity contribution in [2.24, 2.45) is 0 Å². The zero-order valence-electron chi connectivity index (χ0n) is 10.9. The summed E-state index contributed by atoms with van der Waals surface area (Å²) in [6, 6.07) is 6.23. The Morgan fingerprint density at radius 3 is 2.89 bits per heavy atom. The lowest BCUT2D eigenvalue weighted by Crippen LogP contribution is -2.37. The van der Waals surface area contributed by atoms with Crippen molar-refractivity contribution in [3.05, 3.63) is 34.9 Å². The molecule has 0 saturated heterocycles. The zero-order chi connectivity index (χ0) is 13.0. The molecule has 2 N–H and O–H groups in total. The van der Waals surface area contributed by atoms with Gasteiger partial charge in [0.2, 0.25) is 5.91 Å². The van der Waals surface area contributed by atoms with Gasteiger partial charge in [0.1, 0.15) is 0 Å². The summed E-state index contributed by atoms with van der Waals surface area (Å²) in [4.78, 5) is 11.8. The number of carbonyl (C=O) groups excluding carboxylic acids is 1. The highest BCUT2D eigenvalue weighted by atomic mass is 16.3. The van der Waals surface area contributed by atoms with Gasteiger partial charge in [-0.3, -0.25) is 4.79 Å². The van der Waals surface area contributed by atoms with Gasteiger partial charge in [-0.05, 0) is 42.4 Å². The van der Waals surface area contributed by atoms with Crippen LogP contribution in [0.4, 0.5) is 0 Å². The van der Waals surface area contributed by atoms with Gasteiger partial charge in [0.25, 0.3) is 0 Å². The molecule has 3 nitrogen and oxygen atoms in total. The van der Waals surface area contributed by atoms with Crippen molar-refractivity contribution < 1.29 is 9.90 Å². The van der Waals surface area contributed by atoms with E-state index in [1.807, 2.05) is 13.0 Å². The Labute approximate surface area is 108 Å². The van der Waals surface area contributed by atoms with Crippen LogP contribution >= 0.6 is 0 Å². The summed E-state index contributed by atoms with van der Waals surface area (Å²) in [6.45, 7) is 1.96. The van der Waals surface area contributed by atoms with Crippen molar-refractivity contribution in [3.8, 4) is 0 Å². The summed E-state index contributed by atoms with van der Waals surface area (Å²) in [7, 11) is 0. The zero-order valence-corrected chi connectivity index (χ0v) is 10.9. The summed E-state index contributed by atoms with van der Waals surface area (Å²) in [6.07, 6.45) is 4.70. The molecule has 0 heterocycles. The van der Waals surface area contributed by atoms with Gasteiger partial charge in [-0.15, -0.1) is 0 Å². The Morgan fingerprint density at radius 1 is 1.39 bits per heavy atom. The molecular formula is C15H21NO2. The van der Waals surface area contributed by atoms with E-state index >= 15 is 0 Å². The van der Waals surface area contributed by atoms with Crippen LogP contribution in [0.3, 0.4) is 0 Å². The molecule has 0 bridgehead atoms. The van der Waals surface area contributed by atoms with Crippen molar-refractivity contribution in [2.75, 3.05) is 6.61 Å². The summed E-state index contributed by atoms with van der Waals surface area (Å²) in [5.74, 6) is -0.00570. The first-order valence-corrected chi connectivity index (χ1v) is 6.73. The fourth-order valence-corrected chi connectivity index (χ4v) is 2.48. The van der Waals surface area contributed by atoms with E-state index in [0.717, 1.165) is 18.4 Å². The van der Waals surface area contributed by atoms with E-state index in [1.54, 1.807) is 0 Å². The number of aliphatic hydroxyl groups is 1. The van der Waals surface area contributed by atoms with Gasteiger partial charge in [0.05, 0.1) is 19.1 Å². The molecule has 18 heavy (non-hydrogen) atoms. The number of nitrogens with one attached hydrogen (secondary N) is 1. The second-order valence-electron chi connectivity index (χ2n) is 4.99. The first kappa shape index (κ1) is 13.1. The summed E-state index contributed by atoms with van der Waals surface area (Å²) < 4.78 is 0. The number of hydrogen-bond donors (Lipinski definition) is 2. The molecule has 2 rings (SSSR count). The Hall–Kier alpha value is -1.35. The molecule has 0 unspecified atom stereocenters. The van der Waals surface area contributed by atoms with Crippen LogP contribution in [-0.4, -0.2) is 23.7 Å². The standard InChI is InChI=1S/C15H21NO2/c1-2-14(10-17)16-15(18)9-11-6-7-12-4-3-5-13(12)8-11/h6-8,14,17H,2-5,9-10H2,1H3,(H,16,18)/t14-/m1/s1. The van der Waals surface area contributed by atoms with E-state index in [2.05, 4.69) is 17.4 Å². The van der Waals surface area contributed by atoms with Crippen molar-refractivity contribution in [2.45, 2.75) is 45.1 Å². The maximum Gasteiger partial charge on any atom is 0.224 e. The minimum atomic E-state index is -0.119. The molecule has 0 saturated carbocycles. The number of amides is 1. The molecule has 1 amide bonds. The highest BCUT2D eigenvalue weighted by Crippen LogP contribution is 2.22. The molecule has 1 aliphatic carbocycles. The second kappa shape index (κ2) is 6.01. The largest absolute Gasteiger partial charge is 0.394 e. The molecule has 0 aromatic heterocycles. The molecule has 1 aliphatic rings. The van der Waals surface area contributed by atoms with Crippen LogP contribution in [0.1, 0.15) is 36.5 Å². The average molecular weight is 247 g/mol. The van der Waals surface area contributed by atoms with Crippen LogP contribution in [0.2, 0.25) is 0 Å². The van der Waals surface area contributed by atoms with Gasteiger partial charge in [-0.2, -0.15) is 0 Å². The van der Waals surface area contributed by atoms with Crippen LogP contribution in [0.25, 0.3) is 0 Å². The van der Waals surface area contributed by atoms with Crippen molar-refractivity contribution >= 4 is 5.91 Å². The summed E-state index contributed by atoms with van der Waals surface area (Å²) >= 11 is 0. The van der Waals surface area contributed by atoms with E-state index in [1.165, 1.54) is 24.0 Å². The first-order chi connectivity index (χ1) is 8.72. The number of carbonyl (C=O) groups is 1. The van der Waals surface area contributed by atoms with Crippen LogP contribution < -0.4 is 5.32 Å². The predicted molar refractivity (Wildman–Crippen MR) is 71.5 cm³/mol. The van der Waals surface area contributed by atoms with E-state index in [0.29, 0.717) is 6.42 Å². The minimum Gasteiger partial charge on any atom is -0.394 e. The topological polar surface area (TPSA) is 49.3 Å². The van der Waals surface area contributed by atoms with Gasteiger partial charge in [-0.1, -0.05) is 25.1 Å². The van der Waals surface area contributed by atoms with E-state index in [4.69, 9.17) is 5.11 Å². The number of benzene rings is 1. The summed E-state index contributed by atoms with van der Waals surface area (Å²) in [5, 5.41) is 11.9. The maximum atomic E-state index is 11.8. The second-order valence-corrected chi connectivity index (χ2v) is 4.99. The fraction of sp³-hybridized carbons (Fsp3) is 0.533. The third-order valence-electron chi connectivity index (χ3n) is 3.61. The van der Waals surface area contributed by atoms with Crippen molar-refractivity contribution in [1.29, 1.82) is 0 Å². The molecule has 3 heteroatoms. The Balaban J connectivity index is 1.95. The third-order valence-corrected chi connectivity index (χ3v) is 3.61. The van der Waals surface area contributed by atoms with Crippen molar-refractivity contribution in [1.82, 2.24) is 5.32 Å². The summed E-state index contributed by atoms with van der Waals surface area (Å²) in [5.41, 5.74) is 3.90. The molecular weight excluding hydrogens is 226 g/mol. The van der Waals surface area contributed by atoms with Crippen LogP contribution in [-0.2, 0) is 24.1 Å². The minimum absolute atomic E-state index is 0.00570. The highest BCUT2D eigenvalue weighted by Gasteiger charge is 2.13. The number of hydrogen-bond acceptors (Lipinski definition) is 2. The Kier molecular flexibility index (Phi) is 4.37. The van der Waals surface area contributed by atoms with Crippen molar-refractivity contribution in [3.63, 3.8) is 0 Å². The third kappa shape index (κ3) is 3.10. The molecule has 1 atom stereocenters. The molecule has 0 fully saturated rings. The molecule has 0 aliphatic heterocycles. The molecule has 1 aromatic carbocycles. The van der Waals surface area contributed by atoms with Gasteiger partial charge < -0.3 is 10.4 Å². The van der Waals surface area contributed by atoms with E-state index in [-0.39, 0.29) is 18.6 Å². The number of fused-ring (bicyclic) bond motifs is 1. The number of rotatable bonds is 5. The van der Waals surface area contributed by atoms with E-state index < -0.39 is 0 Å². The molecule has 0 spiro atoms. The highest BCUT2D eigenvalue weighted by molar-refractivity contribution is 5.79. The van der Waals surface area contributed by atoms with Crippen LogP contribution in [0.5, 0.6) is 0 Å².